The van der Waals surface area contributed by atoms with Crippen molar-refractivity contribution in [3.05, 3.63) is 29.3 Å². The molecule has 18 heavy (non-hydrogen) atoms. The van der Waals surface area contributed by atoms with Crippen LogP contribution in [0.3, 0.4) is 0 Å². The van der Waals surface area contributed by atoms with Gasteiger partial charge in [0, 0.05) is 12.1 Å². The summed E-state index contributed by atoms with van der Waals surface area (Å²) in [5.74, 6) is 0.641. The first-order valence-electron chi connectivity index (χ1n) is 6.59. The van der Waals surface area contributed by atoms with Crippen molar-refractivity contribution in [2.45, 2.75) is 39.2 Å². The molecular weight excluding hydrogens is 224 g/mol. The lowest BCUT2D eigenvalue weighted by atomic mass is 10.1. The second-order valence-electron chi connectivity index (χ2n) is 5.34. The van der Waals surface area contributed by atoms with Crippen LogP contribution >= 0.6 is 0 Å². The van der Waals surface area contributed by atoms with E-state index in [0.29, 0.717) is 5.92 Å². The van der Waals surface area contributed by atoms with Crippen molar-refractivity contribution in [3.8, 4) is 0 Å². The summed E-state index contributed by atoms with van der Waals surface area (Å²) in [6.45, 7) is 4.19. The van der Waals surface area contributed by atoms with Crippen LogP contribution in [-0.4, -0.2) is 18.0 Å². The van der Waals surface area contributed by atoms with Crippen LogP contribution < -0.4 is 5.01 Å². The Morgan fingerprint density at radius 1 is 1.33 bits per heavy atom. The van der Waals surface area contributed by atoms with E-state index in [4.69, 9.17) is 5.10 Å². The smallest absolute Gasteiger partial charge is 0.144 e. The molecule has 0 amide bonds. The Morgan fingerprint density at radius 2 is 2.11 bits per heavy atom. The van der Waals surface area contributed by atoms with E-state index >= 15 is 0 Å². The number of hydrogen-bond acceptors (Lipinski definition) is 3. The van der Waals surface area contributed by atoms with Crippen LogP contribution in [0.2, 0.25) is 0 Å². The van der Waals surface area contributed by atoms with Gasteiger partial charge in [0.1, 0.15) is 12.3 Å². The molecule has 1 aliphatic heterocycles. The molecule has 3 rings (SSSR count). The van der Waals surface area contributed by atoms with Gasteiger partial charge in [0.15, 0.2) is 0 Å². The van der Waals surface area contributed by atoms with Crippen LogP contribution in [0.4, 0.5) is 5.69 Å². The molecule has 2 aliphatic rings. The number of carbonyl (C=O) groups excluding carboxylic acids is 1. The topological polar surface area (TPSA) is 32.7 Å². The number of nitrogens with zero attached hydrogens (tertiary/aromatic N) is 2. The summed E-state index contributed by atoms with van der Waals surface area (Å²) in [7, 11) is 0. The van der Waals surface area contributed by atoms with Crippen molar-refractivity contribution in [2.75, 3.05) is 5.01 Å². The molecule has 1 atom stereocenters. The molecule has 3 nitrogen and oxygen atoms in total. The quantitative estimate of drug-likeness (QED) is 0.763. The Labute approximate surface area is 107 Å². The Morgan fingerprint density at radius 3 is 2.78 bits per heavy atom. The molecule has 3 heteroatoms. The van der Waals surface area contributed by atoms with Crippen LogP contribution in [0.5, 0.6) is 0 Å². The summed E-state index contributed by atoms with van der Waals surface area (Å²) in [6, 6.07) is 6.07. The third kappa shape index (κ3) is 1.84. The van der Waals surface area contributed by atoms with Gasteiger partial charge < -0.3 is 4.79 Å². The number of hydrazone groups is 1. The molecule has 0 radical (unpaired) electrons. The standard InChI is InChI=1S/C15H18N2O/c1-10-4-3-5-15(11(10)2)17-13(9-18)8-14(16-17)12-6-7-12/h3-5,9,12-13H,6-8H2,1-2H3. The third-order valence-electron chi connectivity index (χ3n) is 4.00. The normalized spacial score (nSPS) is 23.1. The fourth-order valence-corrected chi connectivity index (χ4v) is 2.54. The van der Waals surface area contributed by atoms with Gasteiger partial charge >= 0.3 is 0 Å². The summed E-state index contributed by atoms with van der Waals surface area (Å²) >= 11 is 0. The van der Waals surface area contributed by atoms with Crippen molar-refractivity contribution < 1.29 is 4.79 Å². The van der Waals surface area contributed by atoms with Crippen molar-refractivity contribution >= 4 is 17.7 Å². The van der Waals surface area contributed by atoms with Crippen LogP contribution in [0.15, 0.2) is 23.3 Å². The van der Waals surface area contributed by atoms with E-state index < -0.39 is 0 Å². The number of carbonyl (C=O) groups is 1. The Balaban J connectivity index is 1.98. The number of rotatable bonds is 3. The van der Waals surface area contributed by atoms with E-state index in [9.17, 15) is 4.79 Å². The maximum Gasteiger partial charge on any atom is 0.144 e. The first-order valence-corrected chi connectivity index (χ1v) is 6.59. The molecule has 0 N–H and O–H groups in total. The van der Waals surface area contributed by atoms with Gasteiger partial charge in [0.05, 0.1) is 5.69 Å². The second kappa shape index (κ2) is 4.23. The zero-order chi connectivity index (χ0) is 12.7. The monoisotopic (exact) mass is 242 g/mol. The van der Waals surface area contributed by atoms with Crippen molar-refractivity contribution in [2.24, 2.45) is 11.0 Å². The maximum atomic E-state index is 11.3. The van der Waals surface area contributed by atoms with Gasteiger partial charge in [-0.1, -0.05) is 12.1 Å². The highest BCUT2D eigenvalue weighted by atomic mass is 16.1. The Kier molecular flexibility index (Phi) is 2.69. The van der Waals surface area contributed by atoms with Gasteiger partial charge in [-0.05, 0) is 49.8 Å². The highest BCUT2D eigenvalue weighted by Crippen LogP contribution is 2.37. The number of anilines is 1. The van der Waals surface area contributed by atoms with Crippen molar-refractivity contribution in [1.82, 2.24) is 0 Å². The zero-order valence-corrected chi connectivity index (χ0v) is 10.9. The van der Waals surface area contributed by atoms with Crippen LogP contribution in [0.1, 0.15) is 30.4 Å². The van der Waals surface area contributed by atoms with E-state index in [1.165, 1.54) is 29.7 Å². The van der Waals surface area contributed by atoms with E-state index in [-0.39, 0.29) is 6.04 Å². The fourth-order valence-electron chi connectivity index (χ4n) is 2.54. The van der Waals surface area contributed by atoms with Gasteiger partial charge in [0.2, 0.25) is 0 Å². The Bertz CT molecular complexity index is 517. The van der Waals surface area contributed by atoms with E-state index in [1.807, 2.05) is 11.1 Å². The molecule has 1 aromatic rings. The highest BCUT2D eigenvalue weighted by Gasteiger charge is 2.36. The van der Waals surface area contributed by atoms with E-state index in [1.54, 1.807) is 0 Å². The molecule has 1 unspecified atom stereocenters. The number of hydrogen-bond donors (Lipinski definition) is 0. The molecule has 1 aliphatic carbocycles. The summed E-state index contributed by atoms with van der Waals surface area (Å²) in [5, 5.41) is 6.61. The van der Waals surface area contributed by atoms with Crippen LogP contribution in [0.25, 0.3) is 0 Å². The minimum absolute atomic E-state index is 0.110. The largest absolute Gasteiger partial charge is 0.301 e. The van der Waals surface area contributed by atoms with Crippen LogP contribution in [0, 0.1) is 19.8 Å². The van der Waals surface area contributed by atoms with Gasteiger partial charge in [-0.2, -0.15) is 5.10 Å². The molecule has 1 heterocycles. The molecule has 0 aromatic heterocycles. The first kappa shape index (κ1) is 11.5. The maximum absolute atomic E-state index is 11.3. The molecule has 0 saturated heterocycles. The predicted octanol–water partition coefficient (Wildman–Crippen LogP) is 2.85. The zero-order valence-electron chi connectivity index (χ0n) is 10.9. The van der Waals surface area contributed by atoms with Crippen LogP contribution in [-0.2, 0) is 4.79 Å². The molecule has 94 valence electrons. The third-order valence-corrected chi connectivity index (χ3v) is 4.00. The minimum atomic E-state index is -0.110. The summed E-state index contributed by atoms with van der Waals surface area (Å²) in [5.41, 5.74) is 4.74. The fraction of sp³-hybridized carbons (Fsp3) is 0.467. The van der Waals surface area contributed by atoms with E-state index in [0.717, 1.165) is 18.4 Å². The molecular formula is C15H18N2O. The minimum Gasteiger partial charge on any atom is -0.301 e. The predicted molar refractivity (Wildman–Crippen MR) is 73.0 cm³/mol. The molecule has 1 fully saturated rings. The van der Waals surface area contributed by atoms with Gasteiger partial charge in [-0.25, -0.2) is 0 Å². The molecule has 1 saturated carbocycles. The number of benzene rings is 1. The number of aryl methyl sites for hydroxylation is 1. The first-order chi connectivity index (χ1) is 8.70. The lowest BCUT2D eigenvalue weighted by Crippen LogP contribution is -2.28. The average molecular weight is 242 g/mol. The molecule has 0 bridgehead atoms. The lowest BCUT2D eigenvalue weighted by Gasteiger charge is -2.21. The Hall–Kier alpha value is -1.64. The highest BCUT2D eigenvalue weighted by molar-refractivity contribution is 5.95. The number of aldehydes is 1. The van der Waals surface area contributed by atoms with Gasteiger partial charge in [-0.3, -0.25) is 5.01 Å². The van der Waals surface area contributed by atoms with Crippen molar-refractivity contribution in [3.63, 3.8) is 0 Å². The van der Waals surface area contributed by atoms with E-state index in [2.05, 4.69) is 26.0 Å². The summed E-state index contributed by atoms with van der Waals surface area (Å²) in [6.07, 6.45) is 4.32. The summed E-state index contributed by atoms with van der Waals surface area (Å²) in [4.78, 5) is 11.3. The SMILES string of the molecule is Cc1cccc(N2N=C(C3CC3)CC2C=O)c1C. The van der Waals surface area contributed by atoms with Gasteiger partial charge in [0.25, 0.3) is 0 Å². The van der Waals surface area contributed by atoms with Crippen molar-refractivity contribution in [1.29, 1.82) is 0 Å². The average Bonchev–Trinajstić information content (AvgIpc) is 3.13. The molecule has 0 spiro atoms. The second-order valence-corrected chi connectivity index (χ2v) is 5.34. The summed E-state index contributed by atoms with van der Waals surface area (Å²) < 4.78 is 0. The van der Waals surface area contributed by atoms with Gasteiger partial charge in [-0.15, -0.1) is 0 Å². The molecule has 1 aromatic carbocycles. The lowest BCUT2D eigenvalue weighted by molar-refractivity contribution is -0.108.